The second-order valence-electron chi connectivity index (χ2n) is 11.0. The van der Waals surface area contributed by atoms with Gasteiger partial charge in [0.05, 0.1) is 0 Å². The van der Waals surface area contributed by atoms with Gasteiger partial charge in [-0.2, -0.15) is 0 Å². The molecule has 0 nitrogen and oxygen atoms in total. The molecule has 0 saturated carbocycles. The lowest BCUT2D eigenvalue weighted by atomic mass is 9.83. The first-order chi connectivity index (χ1) is 17.2. The first kappa shape index (κ1) is 27.8. The summed E-state index contributed by atoms with van der Waals surface area (Å²) in [6, 6.07) is 14.7. The summed E-state index contributed by atoms with van der Waals surface area (Å²) in [5.41, 5.74) is 9.31. The van der Waals surface area contributed by atoms with E-state index in [1.807, 2.05) is 0 Å². The van der Waals surface area contributed by atoms with Crippen molar-refractivity contribution in [3.05, 3.63) is 70.8 Å². The molecular formula is C35H52. The monoisotopic (exact) mass is 472 g/mol. The van der Waals surface area contributed by atoms with Crippen LogP contribution in [0, 0.1) is 5.92 Å². The molecule has 2 atom stereocenters. The second kappa shape index (κ2) is 15.3. The summed E-state index contributed by atoms with van der Waals surface area (Å²) in [4.78, 5) is 0. The molecule has 2 unspecified atom stereocenters. The van der Waals surface area contributed by atoms with E-state index in [1.54, 1.807) is 16.7 Å². The van der Waals surface area contributed by atoms with E-state index in [2.05, 4.69) is 76.2 Å². The van der Waals surface area contributed by atoms with Gasteiger partial charge in [-0.25, -0.2) is 0 Å². The molecular weight excluding hydrogens is 420 g/mol. The Kier molecular flexibility index (Phi) is 12.2. The lowest BCUT2D eigenvalue weighted by molar-refractivity contribution is 0.499. The molecule has 0 fully saturated rings. The number of allylic oxidation sites excluding steroid dienone is 2. The molecule has 1 aliphatic carbocycles. The number of rotatable bonds is 15. The third-order valence-corrected chi connectivity index (χ3v) is 8.22. The van der Waals surface area contributed by atoms with Gasteiger partial charge in [0.1, 0.15) is 0 Å². The van der Waals surface area contributed by atoms with Crippen molar-refractivity contribution in [2.24, 2.45) is 5.92 Å². The first-order valence-electron chi connectivity index (χ1n) is 15.1. The van der Waals surface area contributed by atoms with Gasteiger partial charge in [0.15, 0.2) is 0 Å². The molecule has 0 radical (unpaired) electrons. The average Bonchev–Trinajstić information content (AvgIpc) is 2.90. The quantitative estimate of drug-likeness (QED) is 0.178. The second-order valence-corrected chi connectivity index (χ2v) is 11.0. The normalized spacial score (nSPS) is 17.7. The highest BCUT2D eigenvalue weighted by Crippen LogP contribution is 2.34. The number of benzene rings is 2. The van der Waals surface area contributed by atoms with E-state index in [1.165, 1.54) is 113 Å². The molecule has 0 saturated heterocycles. The van der Waals surface area contributed by atoms with Crippen LogP contribution in [0.25, 0.3) is 11.1 Å². The number of hydrogen-bond acceptors (Lipinski definition) is 0. The fourth-order valence-corrected chi connectivity index (χ4v) is 5.83. The van der Waals surface area contributed by atoms with Crippen molar-refractivity contribution in [3.8, 4) is 11.1 Å². The minimum absolute atomic E-state index is 0.599. The topological polar surface area (TPSA) is 0 Å². The molecule has 2 aromatic carbocycles. The van der Waals surface area contributed by atoms with Crippen molar-refractivity contribution in [3.63, 3.8) is 0 Å². The molecule has 0 aromatic heterocycles. The predicted molar refractivity (Wildman–Crippen MR) is 156 cm³/mol. The van der Waals surface area contributed by atoms with Crippen LogP contribution in [-0.4, -0.2) is 0 Å². The lowest BCUT2D eigenvalue weighted by Crippen LogP contribution is -2.06. The first-order valence-corrected chi connectivity index (χ1v) is 15.1. The van der Waals surface area contributed by atoms with Crippen molar-refractivity contribution in [2.45, 2.75) is 130 Å². The Balaban J connectivity index is 1.89. The summed E-state index contributed by atoms with van der Waals surface area (Å²) >= 11 is 0. The van der Waals surface area contributed by atoms with Gasteiger partial charge in [-0.1, -0.05) is 115 Å². The van der Waals surface area contributed by atoms with Crippen LogP contribution >= 0.6 is 0 Å². The number of aryl methyl sites for hydroxylation is 2. The highest BCUT2D eigenvalue weighted by molar-refractivity contribution is 5.67. The molecule has 0 N–H and O–H groups in total. The maximum atomic E-state index is 2.56. The molecule has 0 heterocycles. The highest BCUT2D eigenvalue weighted by Gasteiger charge is 2.17. The summed E-state index contributed by atoms with van der Waals surface area (Å²) in [6.07, 6.45) is 24.5. The van der Waals surface area contributed by atoms with Crippen LogP contribution in [-0.2, 0) is 19.3 Å². The van der Waals surface area contributed by atoms with Gasteiger partial charge < -0.3 is 0 Å². The van der Waals surface area contributed by atoms with Crippen molar-refractivity contribution in [1.29, 1.82) is 0 Å². The van der Waals surface area contributed by atoms with Crippen LogP contribution in [0.3, 0.4) is 0 Å². The Morgan fingerprint density at radius 2 is 1.17 bits per heavy atom. The Hall–Kier alpha value is -1.82. The molecule has 3 rings (SSSR count). The van der Waals surface area contributed by atoms with Crippen molar-refractivity contribution >= 4 is 0 Å². The summed E-state index contributed by atoms with van der Waals surface area (Å²) in [6.45, 7) is 9.27. The standard InChI is InChI=1S/C35H52/c1-5-9-12-15-32-26-34(27-33(16-13-10-6-2)35(32)17-14-11-7-3)31-24-22-30(23-25-31)29-20-18-28(8-4)19-21-29/h18,20,22-29H,5-17,19,21H2,1-4H3. The van der Waals surface area contributed by atoms with Crippen LogP contribution in [0.15, 0.2) is 48.6 Å². The molecule has 1 aliphatic rings. The highest BCUT2D eigenvalue weighted by atomic mass is 14.2. The van der Waals surface area contributed by atoms with Gasteiger partial charge in [-0.15, -0.1) is 0 Å². The molecule has 2 aromatic rings. The van der Waals surface area contributed by atoms with E-state index >= 15 is 0 Å². The van der Waals surface area contributed by atoms with Crippen molar-refractivity contribution in [1.82, 2.24) is 0 Å². The lowest BCUT2D eigenvalue weighted by Gasteiger charge is -2.22. The van der Waals surface area contributed by atoms with Crippen molar-refractivity contribution < 1.29 is 0 Å². The molecule has 35 heavy (non-hydrogen) atoms. The van der Waals surface area contributed by atoms with E-state index in [9.17, 15) is 0 Å². The number of unbranched alkanes of at least 4 members (excludes halogenated alkanes) is 6. The van der Waals surface area contributed by atoms with Crippen molar-refractivity contribution in [2.75, 3.05) is 0 Å². The zero-order chi connectivity index (χ0) is 24.9. The van der Waals surface area contributed by atoms with Gasteiger partial charge in [-0.3, -0.25) is 0 Å². The average molecular weight is 473 g/mol. The third-order valence-electron chi connectivity index (χ3n) is 8.22. The smallest absolute Gasteiger partial charge is 0.00182 e. The fraction of sp³-hybridized carbons (Fsp3) is 0.600. The van der Waals surface area contributed by atoms with Crippen LogP contribution in [0.4, 0.5) is 0 Å². The SMILES string of the molecule is CCCCCc1cc(-c2ccc(C3C=CC(CC)CC3)cc2)cc(CCCCC)c1CCCCC. The van der Waals surface area contributed by atoms with Crippen LogP contribution in [0.1, 0.15) is 133 Å². The van der Waals surface area contributed by atoms with Gasteiger partial charge >= 0.3 is 0 Å². The molecule has 192 valence electrons. The molecule has 0 spiro atoms. The summed E-state index contributed by atoms with van der Waals surface area (Å²) < 4.78 is 0. The zero-order valence-corrected chi connectivity index (χ0v) is 23.4. The van der Waals surface area contributed by atoms with Gasteiger partial charge in [0.2, 0.25) is 0 Å². The van der Waals surface area contributed by atoms with Gasteiger partial charge in [0, 0.05) is 5.92 Å². The van der Waals surface area contributed by atoms with Gasteiger partial charge in [-0.05, 0) is 97.1 Å². The van der Waals surface area contributed by atoms with E-state index in [-0.39, 0.29) is 0 Å². The minimum Gasteiger partial charge on any atom is -0.0848 e. The molecule has 0 amide bonds. The maximum absolute atomic E-state index is 2.56. The zero-order valence-electron chi connectivity index (χ0n) is 23.4. The van der Waals surface area contributed by atoms with Crippen LogP contribution in [0.2, 0.25) is 0 Å². The summed E-state index contributed by atoms with van der Waals surface area (Å²) in [5.74, 6) is 1.39. The third kappa shape index (κ3) is 8.37. The van der Waals surface area contributed by atoms with E-state index in [0.29, 0.717) is 5.92 Å². The predicted octanol–water partition coefficient (Wildman–Crippen LogP) is 11.0. The Bertz CT molecular complexity index is 854. The van der Waals surface area contributed by atoms with Crippen LogP contribution < -0.4 is 0 Å². The Morgan fingerprint density at radius 1 is 0.600 bits per heavy atom. The number of hydrogen-bond donors (Lipinski definition) is 0. The van der Waals surface area contributed by atoms with E-state index in [0.717, 1.165) is 5.92 Å². The van der Waals surface area contributed by atoms with Crippen LogP contribution in [0.5, 0.6) is 0 Å². The Morgan fingerprint density at radius 3 is 1.66 bits per heavy atom. The minimum atomic E-state index is 0.599. The molecule has 0 heteroatoms. The van der Waals surface area contributed by atoms with E-state index < -0.39 is 0 Å². The summed E-state index contributed by atoms with van der Waals surface area (Å²) in [5, 5.41) is 0. The molecule has 0 bridgehead atoms. The summed E-state index contributed by atoms with van der Waals surface area (Å²) in [7, 11) is 0. The maximum Gasteiger partial charge on any atom is 0.00182 e. The fourth-order valence-electron chi connectivity index (χ4n) is 5.83. The Labute approximate surface area is 217 Å². The largest absolute Gasteiger partial charge is 0.0848 e. The van der Waals surface area contributed by atoms with E-state index in [4.69, 9.17) is 0 Å². The van der Waals surface area contributed by atoms with Gasteiger partial charge in [0.25, 0.3) is 0 Å². The molecule has 0 aliphatic heterocycles.